The van der Waals surface area contributed by atoms with E-state index in [1.807, 2.05) is 25.7 Å². The maximum absolute atomic E-state index is 17.0. The van der Waals surface area contributed by atoms with E-state index in [9.17, 15) is 22.7 Å². The van der Waals surface area contributed by atoms with Gasteiger partial charge in [-0.3, -0.25) is 14.4 Å². The van der Waals surface area contributed by atoms with Crippen molar-refractivity contribution in [3.63, 3.8) is 0 Å². The molecular weight excluding hydrogens is 600 g/mol. The summed E-state index contributed by atoms with van der Waals surface area (Å²) < 4.78 is 59.9. The highest BCUT2D eigenvalue weighted by atomic mass is 32.2. The fraction of sp³-hybridized carbons (Fsp3) is 0.576. The molecule has 1 aromatic heterocycles. The fourth-order valence-corrected chi connectivity index (χ4v) is 7.87. The highest BCUT2D eigenvalue weighted by Gasteiger charge is 2.44. The van der Waals surface area contributed by atoms with Crippen LogP contribution in [-0.4, -0.2) is 88.6 Å². The van der Waals surface area contributed by atoms with Crippen LogP contribution >= 0.6 is 0 Å². The Hall–Kier alpha value is -2.93. The monoisotopic (exact) mass is 645 g/mol. The Morgan fingerprint density at radius 2 is 1.87 bits per heavy atom. The fourth-order valence-electron chi connectivity index (χ4n) is 6.96. The standard InChI is InChI=1S/C33H45F2N5O4S/c1-6-40(22(3)4)31(41)28-18-24(34)8-9-26(28)27-16-23(17-30-29(27)19-36-38(30)5)33(35)14-15-39(21-33)20-32(42)12-10-25(11-13-32)37-45(43,44)7-2/h8-9,16-19,22,25,37,42H,6-7,10-15,20-21H2,1-5H3. The van der Waals surface area contributed by atoms with Gasteiger partial charge < -0.3 is 10.0 Å². The minimum absolute atomic E-state index is 0.0142. The van der Waals surface area contributed by atoms with Crippen LogP contribution in [0.3, 0.4) is 0 Å². The van der Waals surface area contributed by atoms with Crippen molar-refractivity contribution in [3.05, 3.63) is 53.5 Å². The first-order valence-corrected chi connectivity index (χ1v) is 17.5. The van der Waals surface area contributed by atoms with E-state index in [1.165, 1.54) is 12.1 Å². The Bertz CT molecular complexity index is 1670. The molecule has 0 spiro atoms. The zero-order valence-electron chi connectivity index (χ0n) is 26.8. The zero-order chi connectivity index (χ0) is 32.7. The van der Waals surface area contributed by atoms with Gasteiger partial charge in [0.2, 0.25) is 10.0 Å². The van der Waals surface area contributed by atoms with Gasteiger partial charge in [0, 0.05) is 50.7 Å². The summed E-state index contributed by atoms with van der Waals surface area (Å²) in [6.45, 7) is 8.58. The van der Waals surface area contributed by atoms with Crippen molar-refractivity contribution in [1.29, 1.82) is 0 Å². The van der Waals surface area contributed by atoms with E-state index in [4.69, 9.17) is 0 Å². The molecule has 0 radical (unpaired) electrons. The Morgan fingerprint density at radius 3 is 2.51 bits per heavy atom. The number of amides is 1. The number of hydrogen-bond acceptors (Lipinski definition) is 6. The van der Waals surface area contributed by atoms with Crippen LogP contribution in [0.5, 0.6) is 0 Å². The van der Waals surface area contributed by atoms with Gasteiger partial charge in [-0.1, -0.05) is 6.07 Å². The number of carbonyl (C=O) groups excluding carboxylic acids is 1. The van der Waals surface area contributed by atoms with E-state index >= 15 is 4.39 Å². The van der Waals surface area contributed by atoms with Crippen LogP contribution in [0.4, 0.5) is 8.78 Å². The SMILES string of the molecule is CCN(C(=O)c1cc(F)ccc1-c1cc(C2(F)CCN(CC3(O)CCC(NS(=O)(=O)CC)CC3)C2)cc2c1cnn2C)C(C)C. The second-order valence-corrected chi connectivity index (χ2v) is 15.1. The Kier molecular flexibility index (Phi) is 9.43. The third-order valence-corrected chi connectivity index (χ3v) is 11.0. The van der Waals surface area contributed by atoms with Gasteiger partial charge in [-0.15, -0.1) is 0 Å². The van der Waals surface area contributed by atoms with Crippen molar-refractivity contribution < 1.29 is 27.1 Å². The van der Waals surface area contributed by atoms with E-state index in [-0.39, 0.29) is 42.3 Å². The largest absolute Gasteiger partial charge is 0.389 e. The molecule has 1 atom stereocenters. The predicted molar refractivity (Wildman–Crippen MR) is 172 cm³/mol. The smallest absolute Gasteiger partial charge is 0.254 e. The Morgan fingerprint density at radius 1 is 1.16 bits per heavy atom. The van der Waals surface area contributed by atoms with Gasteiger partial charge in [0.25, 0.3) is 5.91 Å². The Balaban J connectivity index is 1.43. The summed E-state index contributed by atoms with van der Waals surface area (Å²) in [6, 6.07) is 7.43. The number of aryl methyl sites for hydroxylation is 1. The van der Waals surface area contributed by atoms with Gasteiger partial charge >= 0.3 is 0 Å². The second kappa shape index (κ2) is 12.7. The van der Waals surface area contributed by atoms with E-state index in [2.05, 4.69) is 9.82 Å². The number of nitrogens with zero attached hydrogens (tertiary/aromatic N) is 4. The van der Waals surface area contributed by atoms with E-state index < -0.39 is 27.1 Å². The molecule has 246 valence electrons. The molecule has 1 amide bonds. The predicted octanol–water partition coefficient (Wildman–Crippen LogP) is 4.73. The molecule has 3 aromatic rings. The molecule has 45 heavy (non-hydrogen) atoms. The van der Waals surface area contributed by atoms with Crippen LogP contribution < -0.4 is 4.72 Å². The number of halogens is 2. The van der Waals surface area contributed by atoms with Crippen molar-refractivity contribution in [3.8, 4) is 11.1 Å². The van der Waals surface area contributed by atoms with Crippen molar-refractivity contribution in [2.75, 3.05) is 31.9 Å². The molecule has 2 aromatic carbocycles. The average Bonchev–Trinajstić information content (AvgIpc) is 3.56. The molecule has 9 nitrogen and oxygen atoms in total. The lowest BCUT2D eigenvalue weighted by molar-refractivity contribution is -0.0288. The maximum atomic E-state index is 17.0. The summed E-state index contributed by atoms with van der Waals surface area (Å²) in [7, 11) is -1.54. The number of rotatable bonds is 10. The van der Waals surface area contributed by atoms with E-state index in [0.717, 1.165) is 5.39 Å². The third kappa shape index (κ3) is 6.94. The molecule has 1 unspecified atom stereocenters. The van der Waals surface area contributed by atoms with Gasteiger partial charge in [-0.2, -0.15) is 5.10 Å². The molecule has 0 bridgehead atoms. The summed E-state index contributed by atoms with van der Waals surface area (Å²) in [6.07, 6.45) is 3.81. The van der Waals surface area contributed by atoms with Crippen LogP contribution in [0, 0.1) is 5.82 Å². The number of carbonyl (C=O) groups is 1. The van der Waals surface area contributed by atoms with Crippen molar-refractivity contribution >= 4 is 26.8 Å². The minimum Gasteiger partial charge on any atom is -0.389 e. The quantitative estimate of drug-likeness (QED) is 0.330. The van der Waals surface area contributed by atoms with Crippen LogP contribution in [0.15, 0.2) is 36.5 Å². The molecule has 5 rings (SSSR count). The molecule has 1 aliphatic heterocycles. The van der Waals surface area contributed by atoms with Gasteiger partial charge in [-0.05, 0) is 101 Å². The van der Waals surface area contributed by atoms with Crippen LogP contribution in [0.25, 0.3) is 22.0 Å². The number of β-amino-alcohol motifs (C(OH)–C–C–N with tert-alkyl or cyclic N) is 1. The van der Waals surface area contributed by atoms with E-state index in [0.29, 0.717) is 67.5 Å². The van der Waals surface area contributed by atoms with E-state index in [1.54, 1.807) is 47.9 Å². The Labute approximate surface area is 264 Å². The minimum atomic E-state index is -3.32. The molecule has 2 fully saturated rings. The van der Waals surface area contributed by atoms with Crippen molar-refractivity contribution in [2.24, 2.45) is 7.05 Å². The number of aromatic nitrogens is 2. The van der Waals surface area contributed by atoms with Crippen LogP contribution in [-0.2, 0) is 22.7 Å². The molecule has 2 N–H and O–H groups in total. The molecule has 1 saturated heterocycles. The van der Waals surface area contributed by atoms with Crippen LogP contribution in [0.2, 0.25) is 0 Å². The number of likely N-dealkylation sites (tertiary alicyclic amines) is 1. The number of fused-ring (bicyclic) bond motifs is 1. The number of sulfonamides is 1. The topological polar surface area (TPSA) is 108 Å². The van der Waals surface area contributed by atoms with Gasteiger partial charge in [0.1, 0.15) is 11.5 Å². The average molecular weight is 646 g/mol. The summed E-state index contributed by atoms with van der Waals surface area (Å²) in [5, 5.41) is 16.5. The molecule has 12 heteroatoms. The summed E-state index contributed by atoms with van der Waals surface area (Å²) in [5.74, 6) is -0.805. The highest BCUT2D eigenvalue weighted by Crippen LogP contribution is 2.42. The lowest BCUT2D eigenvalue weighted by Crippen LogP contribution is -2.49. The summed E-state index contributed by atoms with van der Waals surface area (Å²) in [4.78, 5) is 17.3. The number of alkyl halides is 1. The molecule has 1 aliphatic carbocycles. The first kappa shape index (κ1) is 33.4. The van der Waals surface area contributed by atoms with Crippen LogP contribution in [0.1, 0.15) is 75.7 Å². The third-order valence-electron chi connectivity index (χ3n) is 9.57. The number of nitrogens with one attached hydrogen (secondary N) is 1. The summed E-state index contributed by atoms with van der Waals surface area (Å²) >= 11 is 0. The summed E-state index contributed by atoms with van der Waals surface area (Å²) in [5.41, 5.74) is -0.267. The van der Waals surface area contributed by atoms with Gasteiger partial charge in [-0.25, -0.2) is 21.9 Å². The molecule has 2 aliphatic rings. The lowest BCUT2D eigenvalue weighted by atomic mass is 9.82. The number of aliphatic hydroxyl groups is 1. The van der Waals surface area contributed by atoms with Crippen molar-refractivity contribution in [2.45, 2.75) is 83.2 Å². The second-order valence-electron chi connectivity index (χ2n) is 13.0. The molecular formula is C33H45F2N5O4S. The lowest BCUT2D eigenvalue weighted by Gasteiger charge is -2.38. The first-order chi connectivity index (χ1) is 21.2. The maximum Gasteiger partial charge on any atom is 0.254 e. The van der Waals surface area contributed by atoms with Gasteiger partial charge in [0.05, 0.1) is 28.6 Å². The zero-order valence-corrected chi connectivity index (χ0v) is 27.6. The molecule has 1 saturated carbocycles. The number of benzene rings is 2. The van der Waals surface area contributed by atoms with Crippen molar-refractivity contribution in [1.82, 2.24) is 24.3 Å². The normalized spacial score (nSPS) is 24.5. The first-order valence-electron chi connectivity index (χ1n) is 15.9. The van der Waals surface area contributed by atoms with Gasteiger partial charge in [0.15, 0.2) is 0 Å². The molecule has 2 heterocycles. The highest BCUT2D eigenvalue weighted by molar-refractivity contribution is 7.89. The number of hydrogen-bond donors (Lipinski definition) is 2.